The number of hydrogen-bond acceptors (Lipinski definition) is 8. The highest BCUT2D eigenvalue weighted by molar-refractivity contribution is 6.12. The van der Waals surface area contributed by atoms with Gasteiger partial charge in [0.15, 0.2) is 17.3 Å². The van der Waals surface area contributed by atoms with E-state index in [9.17, 15) is 9.18 Å². The van der Waals surface area contributed by atoms with E-state index in [1.807, 2.05) is 6.07 Å². The van der Waals surface area contributed by atoms with Crippen molar-refractivity contribution in [1.82, 2.24) is 24.5 Å². The maximum Gasteiger partial charge on any atom is 0.263 e. The summed E-state index contributed by atoms with van der Waals surface area (Å²) in [5.41, 5.74) is 7.61. The maximum atomic E-state index is 13.4. The van der Waals surface area contributed by atoms with E-state index < -0.39 is 11.7 Å². The molecule has 3 aromatic rings. The Balaban J connectivity index is 1.53. The number of pyridine rings is 1. The van der Waals surface area contributed by atoms with Gasteiger partial charge in [0.25, 0.3) is 5.91 Å². The number of nitrogens with one attached hydrogen (secondary N) is 1. The first-order valence-corrected chi connectivity index (χ1v) is 9.58. The average Bonchev–Trinajstić information content (AvgIpc) is 3.08. The third kappa shape index (κ3) is 4.02. The number of rotatable bonds is 6. The molecule has 30 heavy (non-hydrogen) atoms. The topological polar surface area (TPSA) is 114 Å². The standard InChI is InChI=1S/C19H23FN8O2/c1-30-9-8-26-4-6-27(7-5-26)15-2-3-22-11-14(15)24-19(29)16-17(21)25-28-12-13(20)10-23-18(16)28/h2-3,10-12H,4-9H2,1H3,(H2,21,25)(H,24,29). The molecule has 1 aliphatic rings. The molecule has 0 aliphatic carbocycles. The molecular weight excluding hydrogens is 391 g/mol. The quantitative estimate of drug-likeness (QED) is 0.611. The van der Waals surface area contributed by atoms with Crippen LogP contribution in [0.5, 0.6) is 0 Å². The van der Waals surface area contributed by atoms with Crippen LogP contribution in [0.15, 0.2) is 30.9 Å². The predicted octanol–water partition coefficient (Wildman–Crippen LogP) is 0.866. The zero-order valence-corrected chi connectivity index (χ0v) is 16.6. The summed E-state index contributed by atoms with van der Waals surface area (Å²) in [6.45, 7) is 5.03. The average molecular weight is 414 g/mol. The van der Waals surface area contributed by atoms with Crippen molar-refractivity contribution in [3.63, 3.8) is 0 Å². The Morgan fingerprint density at radius 1 is 1.30 bits per heavy atom. The predicted molar refractivity (Wildman–Crippen MR) is 110 cm³/mol. The molecule has 0 unspecified atom stereocenters. The van der Waals surface area contributed by atoms with Crippen LogP contribution in [0.4, 0.5) is 21.6 Å². The normalized spacial score (nSPS) is 14.9. The molecule has 0 spiro atoms. The summed E-state index contributed by atoms with van der Waals surface area (Å²) in [7, 11) is 1.70. The molecule has 0 atom stereocenters. The Hall–Kier alpha value is -3.31. The Kier molecular flexibility index (Phi) is 5.72. The summed E-state index contributed by atoms with van der Waals surface area (Å²) in [6, 6.07) is 1.87. The van der Waals surface area contributed by atoms with Crippen LogP contribution >= 0.6 is 0 Å². The van der Waals surface area contributed by atoms with Gasteiger partial charge in [0.1, 0.15) is 5.56 Å². The van der Waals surface area contributed by atoms with E-state index in [4.69, 9.17) is 10.5 Å². The van der Waals surface area contributed by atoms with Gasteiger partial charge in [-0.25, -0.2) is 13.9 Å². The van der Waals surface area contributed by atoms with E-state index in [-0.39, 0.29) is 17.0 Å². The van der Waals surface area contributed by atoms with E-state index in [0.29, 0.717) is 12.3 Å². The van der Waals surface area contributed by atoms with Gasteiger partial charge in [0, 0.05) is 46.0 Å². The van der Waals surface area contributed by atoms with E-state index in [1.165, 1.54) is 0 Å². The van der Waals surface area contributed by atoms with Crippen LogP contribution < -0.4 is 16.0 Å². The Morgan fingerprint density at radius 3 is 2.87 bits per heavy atom. The zero-order chi connectivity index (χ0) is 21.1. The summed E-state index contributed by atoms with van der Waals surface area (Å²) in [5.74, 6) is -1.08. The number of nitrogen functional groups attached to an aromatic ring is 1. The first kappa shape index (κ1) is 20.0. The van der Waals surface area contributed by atoms with Crippen molar-refractivity contribution in [1.29, 1.82) is 0 Å². The van der Waals surface area contributed by atoms with Gasteiger partial charge in [-0.15, -0.1) is 5.10 Å². The molecule has 0 aromatic carbocycles. The Morgan fingerprint density at radius 2 is 2.10 bits per heavy atom. The van der Waals surface area contributed by atoms with Gasteiger partial charge >= 0.3 is 0 Å². The number of carbonyl (C=O) groups excluding carboxylic acids is 1. The highest BCUT2D eigenvalue weighted by Gasteiger charge is 2.23. The smallest absolute Gasteiger partial charge is 0.263 e. The van der Waals surface area contributed by atoms with Crippen LogP contribution in [0.25, 0.3) is 5.65 Å². The largest absolute Gasteiger partial charge is 0.383 e. The lowest BCUT2D eigenvalue weighted by molar-refractivity contribution is 0.102. The monoisotopic (exact) mass is 414 g/mol. The maximum absolute atomic E-state index is 13.4. The Bertz CT molecular complexity index is 1050. The lowest BCUT2D eigenvalue weighted by Gasteiger charge is -2.36. The van der Waals surface area contributed by atoms with E-state index in [0.717, 1.165) is 55.3 Å². The van der Waals surface area contributed by atoms with Gasteiger partial charge in [-0.3, -0.25) is 14.7 Å². The molecule has 0 radical (unpaired) electrons. The minimum atomic E-state index is -0.573. The number of ether oxygens (including phenoxy) is 1. The number of halogens is 1. The number of nitrogens with zero attached hydrogens (tertiary/aromatic N) is 6. The third-order valence-corrected chi connectivity index (χ3v) is 5.07. The number of aromatic nitrogens is 4. The summed E-state index contributed by atoms with van der Waals surface area (Å²) in [5, 5.41) is 6.83. The first-order valence-electron chi connectivity index (χ1n) is 9.58. The van der Waals surface area contributed by atoms with Gasteiger partial charge in [0.05, 0.1) is 36.6 Å². The Labute approximate surface area is 172 Å². The number of carbonyl (C=O) groups is 1. The summed E-state index contributed by atoms with van der Waals surface area (Å²) < 4.78 is 19.7. The molecule has 1 saturated heterocycles. The molecule has 3 N–H and O–H groups in total. The first-order chi connectivity index (χ1) is 14.6. The number of amides is 1. The minimum absolute atomic E-state index is 0.0252. The molecule has 0 bridgehead atoms. The highest BCUT2D eigenvalue weighted by Crippen LogP contribution is 2.27. The molecule has 1 aliphatic heterocycles. The number of piperazine rings is 1. The van der Waals surface area contributed by atoms with E-state index in [1.54, 1.807) is 19.5 Å². The van der Waals surface area contributed by atoms with Gasteiger partial charge in [-0.2, -0.15) is 0 Å². The number of anilines is 3. The minimum Gasteiger partial charge on any atom is -0.383 e. The van der Waals surface area contributed by atoms with Crippen molar-refractivity contribution >= 4 is 28.7 Å². The van der Waals surface area contributed by atoms with Gasteiger partial charge < -0.3 is 20.7 Å². The van der Waals surface area contributed by atoms with Crippen molar-refractivity contribution in [3.8, 4) is 0 Å². The molecular formula is C19H23FN8O2. The van der Waals surface area contributed by atoms with Crippen LogP contribution in [0.2, 0.25) is 0 Å². The summed E-state index contributed by atoms with van der Waals surface area (Å²) >= 11 is 0. The van der Waals surface area contributed by atoms with Crippen LogP contribution in [-0.2, 0) is 4.74 Å². The molecule has 4 heterocycles. The van der Waals surface area contributed by atoms with Gasteiger partial charge in [0.2, 0.25) is 0 Å². The second kappa shape index (κ2) is 8.59. The molecule has 1 amide bonds. The molecule has 10 nitrogen and oxygen atoms in total. The van der Waals surface area contributed by atoms with E-state index in [2.05, 4.69) is 30.2 Å². The number of nitrogens with two attached hydrogens (primary N) is 1. The third-order valence-electron chi connectivity index (χ3n) is 5.07. The van der Waals surface area contributed by atoms with E-state index >= 15 is 0 Å². The van der Waals surface area contributed by atoms with Crippen molar-refractivity contribution in [2.45, 2.75) is 0 Å². The lowest BCUT2D eigenvalue weighted by atomic mass is 10.2. The zero-order valence-electron chi connectivity index (χ0n) is 16.6. The SMILES string of the molecule is COCCN1CCN(c2ccncc2NC(=O)c2c(N)nn3cc(F)cnc23)CC1. The fraction of sp³-hybridized carbons (Fsp3) is 0.368. The van der Waals surface area contributed by atoms with Crippen molar-refractivity contribution in [2.24, 2.45) is 0 Å². The second-order valence-electron chi connectivity index (χ2n) is 6.97. The van der Waals surface area contributed by atoms with Crippen molar-refractivity contribution < 1.29 is 13.9 Å². The molecule has 4 rings (SSSR count). The second-order valence-corrected chi connectivity index (χ2v) is 6.97. The number of hydrogen-bond donors (Lipinski definition) is 2. The van der Waals surface area contributed by atoms with Crippen molar-refractivity contribution in [3.05, 3.63) is 42.2 Å². The number of methoxy groups -OCH3 is 1. The lowest BCUT2D eigenvalue weighted by Crippen LogP contribution is -2.47. The van der Waals surface area contributed by atoms with Crippen LogP contribution in [-0.4, -0.2) is 76.8 Å². The molecule has 1 fully saturated rings. The van der Waals surface area contributed by atoms with Crippen molar-refractivity contribution in [2.75, 3.05) is 62.4 Å². The molecule has 158 valence electrons. The fourth-order valence-corrected chi connectivity index (χ4v) is 3.52. The molecule has 3 aromatic heterocycles. The van der Waals surface area contributed by atoms with Crippen LogP contribution in [0, 0.1) is 5.82 Å². The molecule has 11 heteroatoms. The number of fused-ring (bicyclic) bond motifs is 1. The fourth-order valence-electron chi connectivity index (χ4n) is 3.52. The summed E-state index contributed by atoms with van der Waals surface area (Å²) in [6.07, 6.45) is 5.43. The van der Waals surface area contributed by atoms with Crippen LogP contribution in [0.1, 0.15) is 10.4 Å². The van der Waals surface area contributed by atoms with Gasteiger partial charge in [-0.05, 0) is 6.07 Å². The van der Waals surface area contributed by atoms with Gasteiger partial charge in [-0.1, -0.05) is 0 Å². The molecule has 0 saturated carbocycles. The highest BCUT2D eigenvalue weighted by atomic mass is 19.1. The summed E-state index contributed by atoms with van der Waals surface area (Å²) in [4.78, 5) is 25.6. The van der Waals surface area contributed by atoms with Crippen LogP contribution in [0.3, 0.4) is 0 Å².